The SMILES string of the molecule is Cc1ccc2[nH]cc(CCN3C[C@H](C(=O)Nc4nnc(CC(C)C)s4)CC3=O)c2c1. The Balaban J connectivity index is 1.33. The summed E-state index contributed by atoms with van der Waals surface area (Å²) in [5.74, 6) is 0.0217. The highest BCUT2D eigenvalue weighted by atomic mass is 32.1. The molecule has 0 saturated carbocycles. The fourth-order valence-corrected chi connectivity index (χ4v) is 4.82. The van der Waals surface area contributed by atoms with Crippen molar-refractivity contribution in [2.75, 3.05) is 18.4 Å². The molecule has 7 nitrogen and oxygen atoms in total. The van der Waals surface area contributed by atoms with Crippen molar-refractivity contribution in [2.45, 2.75) is 40.0 Å². The number of rotatable bonds is 7. The second-order valence-corrected chi connectivity index (χ2v) is 9.50. The van der Waals surface area contributed by atoms with Gasteiger partial charge in [-0.2, -0.15) is 0 Å². The quantitative estimate of drug-likeness (QED) is 0.606. The van der Waals surface area contributed by atoms with E-state index in [0.29, 0.717) is 24.1 Å². The highest BCUT2D eigenvalue weighted by Gasteiger charge is 2.34. The summed E-state index contributed by atoms with van der Waals surface area (Å²) in [4.78, 5) is 30.2. The molecule has 0 spiro atoms. The highest BCUT2D eigenvalue weighted by Crippen LogP contribution is 2.24. The van der Waals surface area contributed by atoms with Crippen molar-refractivity contribution < 1.29 is 9.59 Å². The summed E-state index contributed by atoms with van der Waals surface area (Å²) in [6, 6.07) is 6.33. The van der Waals surface area contributed by atoms with E-state index in [1.807, 2.05) is 6.20 Å². The van der Waals surface area contributed by atoms with Crippen molar-refractivity contribution in [1.29, 1.82) is 0 Å². The van der Waals surface area contributed by atoms with Gasteiger partial charge in [-0.15, -0.1) is 10.2 Å². The maximum absolute atomic E-state index is 12.6. The van der Waals surface area contributed by atoms with Crippen molar-refractivity contribution in [3.8, 4) is 0 Å². The molecule has 1 aliphatic heterocycles. The number of H-pyrrole nitrogens is 1. The molecule has 2 aromatic heterocycles. The third-order valence-electron chi connectivity index (χ3n) is 5.44. The lowest BCUT2D eigenvalue weighted by atomic mass is 10.1. The van der Waals surface area contributed by atoms with Crippen LogP contribution in [-0.4, -0.2) is 45.0 Å². The molecule has 1 aliphatic rings. The number of likely N-dealkylation sites (tertiary alicyclic amines) is 1. The first-order chi connectivity index (χ1) is 14.4. The lowest BCUT2D eigenvalue weighted by Gasteiger charge is -2.16. The van der Waals surface area contributed by atoms with Crippen LogP contribution in [0, 0.1) is 18.8 Å². The van der Waals surface area contributed by atoms with Crippen LogP contribution in [0.2, 0.25) is 0 Å². The Morgan fingerprint density at radius 1 is 1.37 bits per heavy atom. The van der Waals surface area contributed by atoms with Gasteiger partial charge in [-0.05, 0) is 37.0 Å². The van der Waals surface area contributed by atoms with E-state index in [2.05, 4.69) is 59.5 Å². The number of amides is 2. The zero-order valence-corrected chi connectivity index (χ0v) is 18.4. The van der Waals surface area contributed by atoms with E-state index >= 15 is 0 Å². The van der Waals surface area contributed by atoms with Crippen LogP contribution in [0.1, 0.15) is 36.4 Å². The molecule has 1 fully saturated rings. The van der Waals surface area contributed by atoms with Gasteiger partial charge in [0, 0.05) is 43.0 Å². The third-order valence-corrected chi connectivity index (χ3v) is 6.30. The van der Waals surface area contributed by atoms with Crippen molar-refractivity contribution >= 4 is 39.2 Å². The van der Waals surface area contributed by atoms with Crippen molar-refractivity contribution in [3.63, 3.8) is 0 Å². The number of aromatic nitrogens is 3. The zero-order valence-electron chi connectivity index (χ0n) is 17.6. The number of aryl methyl sites for hydroxylation is 1. The second-order valence-electron chi connectivity index (χ2n) is 8.44. The van der Waals surface area contributed by atoms with E-state index in [1.54, 1.807) is 4.90 Å². The second kappa shape index (κ2) is 8.55. The van der Waals surface area contributed by atoms with Crippen LogP contribution < -0.4 is 5.32 Å². The van der Waals surface area contributed by atoms with Crippen molar-refractivity contribution in [2.24, 2.45) is 11.8 Å². The number of carbonyl (C=O) groups is 2. The van der Waals surface area contributed by atoms with Gasteiger partial charge in [0.2, 0.25) is 16.9 Å². The van der Waals surface area contributed by atoms with Crippen molar-refractivity contribution in [1.82, 2.24) is 20.1 Å². The average Bonchev–Trinajstić information content (AvgIpc) is 3.39. The molecule has 0 aliphatic carbocycles. The number of aromatic amines is 1. The Labute approximate surface area is 179 Å². The lowest BCUT2D eigenvalue weighted by molar-refractivity contribution is -0.128. The Morgan fingerprint density at radius 2 is 2.20 bits per heavy atom. The van der Waals surface area contributed by atoms with Crippen LogP contribution >= 0.6 is 11.3 Å². The number of nitrogens with zero attached hydrogens (tertiary/aromatic N) is 3. The van der Waals surface area contributed by atoms with Gasteiger partial charge < -0.3 is 15.2 Å². The first-order valence-electron chi connectivity index (χ1n) is 10.4. The maximum atomic E-state index is 12.6. The normalized spacial score (nSPS) is 16.7. The predicted octanol–water partition coefficient (Wildman–Crippen LogP) is 3.56. The van der Waals surface area contributed by atoms with Crippen LogP contribution in [-0.2, 0) is 22.4 Å². The summed E-state index contributed by atoms with van der Waals surface area (Å²) in [6.45, 7) is 7.38. The Morgan fingerprint density at radius 3 is 3.00 bits per heavy atom. The average molecular weight is 426 g/mol. The Kier molecular flexibility index (Phi) is 5.85. The van der Waals surface area contributed by atoms with E-state index in [9.17, 15) is 9.59 Å². The molecule has 0 radical (unpaired) electrons. The fraction of sp³-hybridized carbons (Fsp3) is 0.455. The van der Waals surface area contributed by atoms with Gasteiger partial charge in [0.05, 0.1) is 5.92 Å². The number of nitrogens with one attached hydrogen (secondary N) is 2. The van der Waals surface area contributed by atoms with E-state index < -0.39 is 0 Å². The van der Waals surface area contributed by atoms with Crippen LogP contribution in [0.3, 0.4) is 0 Å². The molecule has 1 aromatic carbocycles. The van der Waals surface area contributed by atoms with Gasteiger partial charge in [-0.25, -0.2) is 0 Å². The Bertz CT molecular complexity index is 1070. The lowest BCUT2D eigenvalue weighted by Crippen LogP contribution is -2.30. The number of hydrogen-bond donors (Lipinski definition) is 2. The van der Waals surface area contributed by atoms with Gasteiger partial charge in [0.1, 0.15) is 5.01 Å². The molecule has 3 heterocycles. The molecule has 0 bridgehead atoms. The molecule has 1 saturated heterocycles. The molecule has 1 atom stereocenters. The summed E-state index contributed by atoms with van der Waals surface area (Å²) in [7, 11) is 0. The topological polar surface area (TPSA) is 91.0 Å². The van der Waals surface area contributed by atoms with Gasteiger partial charge in [0.15, 0.2) is 0 Å². The van der Waals surface area contributed by atoms with Crippen LogP contribution in [0.5, 0.6) is 0 Å². The summed E-state index contributed by atoms with van der Waals surface area (Å²) in [6.07, 6.45) is 3.87. The summed E-state index contributed by atoms with van der Waals surface area (Å²) in [5, 5.41) is 13.7. The largest absolute Gasteiger partial charge is 0.361 e. The maximum Gasteiger partial charge on any atom is 0.231 e. The number of anilines is 1. The predicted molar refractivity (Wildman–Crippen MR) is 119 cm³/mol. The molecule has 2 amide bonds. The zero-order chi connectivity index (χ0) is 21.3. The van der Waals surface area contributed by atoms with Crippen molar-refractivity contribution in [3.05, 3.63) is 40.5 Å². The smallest absolute Gasteiger partial charge is 0.231 e. The van der Waals surface area contributed by atoms with Gasteiger partial charge in [-0.3, -0.25) is 9.59 Å². The first-order valence-corrected chi connectivity index (χ1v) is 11.2. The molecule has 0 unspecified atom stereocenters. The molecule has 158 valence electrons. The van der Waals surface area contributed by atoms with Gasteiger partial charge >= 0.3 is 0 Å². The molecular weight excluding hydrogens is 398 g/mol. The minimum atomic E-state index is -0.347. The number of benzene rings is 1. The van der Waals surface area contributed by atoms with Crippen LogP contribution in [0.15, 0.2) is 24.4 Å². The molecule has 8 heteroatoms. The fourth-order valence-electron chi connectivity index (χ4n) is 3.86. The summed E-state index contributed by atoms with van der Waals surface area (Å²) >= 11 is 1.40. The molecule has 4 rings (SSSR count). The van der Waals surface area contributed by atoms with Crippen LogP contribution in [0.4, 0.5) is 5.13 Å². The highest BCUT2D eigenvalue weighted by molar-refractivity contribution is 7.15. The molecule has 3 aromatic rings. The van der Waals surface area contributed by atoms with Crippen LogP contribution in [0.25, 0.3) is 10.9 Å². The van der Waals surface area contributed by atoms with E-state index in [4.69, 9.17) is 0 Å². The third kappa shape index (κ3) is 4.53. The van der Waals surface area contributed by atoms with E-state index in [1.165, 1.54) is 27.8 Å². The summed E-state index contributed by atoms with van der Waals surface area (Å²) < 4.78 is 0. The molecule has 2 N–H and O–H groups in total. The standard InChI is InChI=1S/C22H27N5O2S/c1-13(2)8-19-25-26-22(30-19)24-21(29)16-10-20(28)27(12-16)7-6-15-11-23-18-5-4-14(3)9-17(15)18/h4-5,9,11,13,16,23H,6-8,10,12H2,1-3H3,(H,24,26,29)/t16-/m1/s1. The first kappa shape index (κ1) is 20.5. The van der Waals surface area contributed by atoms with E-state index in [0.717, 1.165) is 23.4 Å². The number of hydrogen-bond acceptors (Lipinski definition) is 5. The molecule has 30 heavy (non-hydrogen) atoms. The monoisotopic (exact) mass is 425 g/mol. The number of carbonyl (C=O) groups excluding carboxylic acids is 2. The minimum Gasteiger partial charge on any atom is -0.361 e. The minimum absolute atomic E-state index is 0.0314. The number of fused-ring (bicyclic) bond motifs is 1. The van der Waals surface area contributed by atoms with E-state index in [-0.39, 0.29) is 24.2 Å². The Hall–Kier alpha value is -2.74. The summed E-state index contributed by atoms with van der Waals surface area (Å²) in [5.41, 5.74) is 3.51. The van der Waals surface area contributed by atoms with Gasteiger partial charge in [0.25, 0.3) is 0 Å². The van der Waals surface area contributed by atoms with Gasteiger partial charge in [-0.1, -0.05) is 36.8 Å². The molecular formula is C22H27N5O2S.